The Kier molecular flexibility index (Phi) is 5.42. The highest BCUT2D eigenvalue weighted by atomic mass is 32.2. The van der Waals surface area contributed by atoms with Crippen LogP contribution in [0, 0.1) is 6.92 Å². The fourth-order valence-electron chi connectivity index (χ4n) is 3.65. The standard InChI is InChI=1S/C22H24N6OS/c1-17-7-8-20-23-19(15-27(20)13-17)16-30-22-25-24-21(26-9-11-29-12-10-26)28(22)14-18-5-3-2-4-6-18/h2-8,13,15H,9-12,14,16H2,1H3. The van der Waals surface area contributed by atoms with E-state index < -0.39 is 0 Å². The molecule has 0 aliphatic carbocycles. The molecule has 30 heavy (non-hydrogen) atoms. The average molecular weight is 421 g/mol. The normalized spacial score (nSPS) is 14.5. The molecule has 1 aliphatic rings. The first-order valence-electron chi connectivity index (χ1n) is 10.1. The van der Waals surface area contributed by atoms with Crippen molar-refractivity contribution in [3.63, 3.8) is 0 Å². The third-order valence-electron chi connectivity index (χ3n) is 5.17. The molecule has 1 aromatic carbocycles. The number of anilines is 1. The second-order valence-corrected chi connectivity index (χ2v) is 8.39. The molecular weight excluding hydrogens is 396 g/mol. The number of rotatable bonds is 6. The Balaban J connectivity index is 1.40. The summed E-state index contributed by atoms with van der Waals surface area (Å²) < 4.78 is 9.81. The number of hydrogen-bond donors (Lipinski definition) is 0. The van der Waals surface area contributed by atoms with E-state index in [1.165, 1.54) is 11.1 Å². The summed E-state index contributed by atoms with van der Waals surface area (Å²) in [6.07, 6.45) is 4.20. The van der Waals surface area contributed by atoms with Gasteiger partial charge >= 0.3 is 0 Å². The average Bonchev–Trinajstić information content (AvgIpc) is 3.37. The number of fused-ring (bicyclic) bond motifs is 1. The van der Waals surface area contributed by atoms with Crippen LogP contribution in [0.4, 0.5) is 5.95 Å². The van der Waals surface area contributed by atoms with Crippen molar-refractivity contribution in [2.24, 2.45) is 0 Å². The largest absolute Gasteiger partial charge is 0.378 e. The molecule has 0 saturated carbocycles. The van der Waals surface area contributed by atoms with Crippen molar-refractivity contribution in [3.8, 4) is 0 Å². The third kappa shape index (κ3) is 4.06. The first kappa shape index (κ1) is 19.1. The smallest absolute Gasteiger partial charge is 0.228 e. The second-order valence-electron chi connectivity index (χ2n) is 7.45. The molecule has 8 heteroatoms. The first-order valence-corrected chi connectivity index (χ1v) is 11.1. The lowest BCUT2D eigenvalue weighted by molar-refractivity contribution is 0.121. The van der Waals surface area contributed by atoms with E-state index in [9.17, 15) is 0 Å². The van der Waals surface area contributed by atoms with E-state index in [0.29, 0.717) is 0 Å². The fourth-order valence-corrected chi connectivity index (χ4v) is 4.47. The molecular formula is C22H24N6OS. The Morgan fingerprint density at radius 2 is 1.83 bits per heavy atom. The van der Waals surface area contributed by atoms with Crippen LogP contribution in [0.25, 0.3) is 5.65 Å². The molecule has 4 aromatic rings. The van der Waals surface area contributed by atoms with Gasteiger partial charge in [-0.25, -0.2) is 4.98 Å². The van der Waals surface area contributed by atoms with Gasteiger partial charge in [-0.3, -0.25) is 4.57 Å². The zero-order valence-electron chi connectivity index (χ0n) is 16.9. The van der Waals surface area contributed by atoms with Gasteiger partial charge < -0.3 is 14.0 Å². The molecule has 0 spiro atoms. The van der Waals surface area contributed by atoms with E-state index in [-0.39, 0.29) is 0 Å². The van der Waals surface area contributed by atoms with Gasteiger partial charge in [0, 0.05) is 31.2 Å². The van der Waals surface area contributed by atoms with E-state index in [1.54, 1.807) is 11.8 Å². The van der Waals surface area contributed by atoms with Crippen LogP contribution >= 0.6 is 11.8 Å². The van der Waals surface area contributed by atoms with Crippen LogP contribution in [0.1, 0.15) is 16.8 Å². The molecule has 0 bridgehead atoms. The lowest BCUT2D eigenvalue weighted by atomic mass is 10.2. The molecule has 0 radical (unpaired) electrons. The molecule has 0 atom stereocenters. The maximum absolute atomic E-state index is 5.51. The second kappa shape index (κ2) is 8.49. The molecule has 0 N–H and O–H groups in total. The molecule has 7 nitrogen and oxygen atoms in total. The predicted octanol–water partition coefficient (Wildman–Crippen LogP) is 3.41. The van der Waals surface area contributed by atoms with Crippen molar-refractivity contribution in [1.29, 1.82) is 0 Å². The summed E-state index contributed by atoms with van der Waals surface area (Å²) >= 11 is 1.68. The summed E-state index contributed by atoms with van der Waals surface area (Å²) in [5.74, 6) is 1.66. The summed E-state index contributed by atoms with van der Waals surface area (Å²) in [5.41, 5.74) is 4.46. The van der Waals surface area contributed by atoms with Crippen molar-refractivity contribution in [2.45, 2.75) is 24.4 Å². The van der Waals surface area contributed by atoms with Gasteiger partial charge in [0.2, 0.25) is 5.95 Å². The molecule has 0 unspecified atom stereocenters. The summed E-state index contributed by atoms with van der Waals surface area (Å²) in [4.78, 5) is 7.00. The lowest BCUT2D eigenvalue weighted by Crippen LogP contribution is -2.38. The summed E-state index contributed by atoms with van der Waals surface area (Å²) in [6, 6.07) is 14.6. The number of benzene rings is 1. The molecule has 5 rings (SSSR count). The van der Waals surface area contributed by atoms with Gasteiger partial charge in [0.15, 0.2) is 5.16 Å². The van der Waals surface area contributed by atoms with Gasteiger partial charge in [-0.1, -0.05) is 48.2 Å². The van der Waals surface area contributed by atoms with Crippen molar-refractivity contribution in [3.05, 3.63) is 71.7 Å². The Hall–Kier alpha value is -2.84. The minimum atomic E-state index is 0.724. The highest BCUT2D eigenvalue weighted by Crippen LogP contribution is 2.26. The number of aryl methyl sites for hydroxylation is 1. The molecule has 4 heterocycles. The van der Waals surface area contributed by atoms with Crippen molar-refractivity contribution < 1.29 is 4.74 Å². The SMILES string of the molecule is Cc1ccc2nc(CSc3nnc(N4CCOCC4)n3Cc3ccccc3)cn2c1. The Bertz CT molecular complexity index is 1130. The van der Waals surface area contributed by atoms with Gasteiger partial charge in [-0.2, -0.15) is 0 Å². The summed E-state index contributed by atoms with van der Waals surface area (Å²) in [7, 11) is 0. The number of morpholine rings is 1. The van der Waals surface area contributed by atoms with Crippen molar-refractivity contribution >= 4 is 23.4 Å². The van der Waals surface area contributed by atoms with Crippen LogP contribution in [0.5, 0.6) is 0 Å². The zero-order chi connectivity index (χ0) is 20.3. The number of aromatic nitrogens is 5. The Morgan fingerprint density at radius 3 is 2.67 bits per heavy atom. The van der Waals surface area contributed by atoms with E-state index in [4.69, 9.17) is 9.72 Å². The van der Waals surface area contributed by atoms with Gasteiger partial charge in [0.05, 0.1) is 25.5 Å². The summed E-state index contributed by atoms with van der Waals surface area (Å²) in [5, 5.41) is 9.98. The minimum absolute atomic E-state index is 0.724. The third-order valence-corrected chi connectivity index (χ3v) is 6.17. The molecule has 1 aliphatic heterocycles. The van der Waals surface area contributed by atoms with Gasteiger partial charge in [-0.15, -0.1) is 10.2 Å². The van der Waals surface area contributed by atoms with Gasteiger partial charge in [0.25, 0.3) is 0 Å². The van der Waals surface area contributed by atoms with Crippen LogP contribution in [0.3, 0.4) is 0 Å². The Labute approximate surface area is 179 Å². The minimum Gasteiger partial charge on any atom is -0.378 e. The van der Waals surface area contributed by atoms with Crippen molar-refractivity contribution in [2.75, 3.05) is 31.2 Å². The van der Waals surface area contributed by atoms with Gasteiger partial charge in [-0.05, 0) is 24.1 Å². The van der Waals surface area contributed by atoms with Crippen LogP contribution in [-0.2, 0) is 17.0 Å². The number of ether oxygens (including phenoxy) is 1. The molecule has 1 saturated heterocycles. The molecule has 3 aromatic heterocycles. The molecule has 154 valence electrons. The summed E-state index contributed by atoms with van der Waals surface area (Å²) in [6.45, 7) is 5.95. The van der Waals surface area contributed by atoms with Crippen molar-refractivity contribution in [1.82, 2.24) is 24.1 Å². The van der Waals surface area contributed by atoms with E-state index >= 15 is 0 Å². The van der Waals surface area contributed by atoms with Crippen LogP contribution < -0.4 is 4.90 Å². The highest BCUT2D eigenvalue weighted by molar-refractivity contribution is 7.98. The maximum atomic E-state index is 5.51. The lowest BCUT2D eigenvalue weighted by Gasteiger charge is -2.28. The maximum Gasteiger partial charge on any atom is 0.228 e. The number of thioether (sulfide) groups is 1. The zero-order valence-corrected chi connectivity index (χ0v) is 17.8. The highest BCUT2D eigenvalue weighted by Gasteiger charge is 2.21. The van der Waals surface area contributed by atoms with E-state index in [0.717, 1.165) is 61.0 Å². The first-order chi connectivity index (χ1) is 14.8. The van der Waals surface area contributed by atoms with Crippen LogP contribution in [-0.4, -0.2) is 50.5 Å². The van der Waals surface area contributed by atoms with E-state index in [1.807, 2.05) is 6.07 Å². The fraction of sp³-hybridized carbons (Fsp3) is 0.318. The monoisotopic (exact) mass is 420 g/mol. The van der Waals surface area contributed by atoms with Gasteiger partial charge in [0.1, 0.15) is 5.65 Å². The van der Waals surface area contributed by atoms with Crippen LogP contribution in [0.15, 0.2) is 60.0 Å². The van der Waals surface area contributed by atoms with E-state index in [2.05, 4.69) is 79.8 Å². The van der Waals surface area contributed by atoms with Crippen LogP contribution in [0.2, 0.25) is 0 Å². The quantitative estimate of drug-likeness (QED) is 0.446. The predicted molar refractivity (Wildman–Crippen MR) is 118 cm³/mol. The number of pyridine rings is 1. The molecule has 0 amide bonds. The topological polar surface area (TPSA) is 60.5 Å². The Morgan fingerprint density at radius 1 is 1.00 bits per heavy atom. The number of hydrogen-bond acceptors (Lipinski definition) is 6. The number of imidazole rings is 1. The number of nitrogens with zero attached hydrogens (tertiary/aromatic N) is 6. The molecule has 1 fully saturated rings.